The highest BCUT2D eigenvalue weighted by Crippen LogP contribution is 2.45. The molecule has 2 aromatic rings. The van der Waals surface area contributed by atoms with Gasteiger partial charge < -0.3 is 14.4 Å². The molecule has 0 spiro atoms. The Morgan fingerprint density at radius 1 is 1.12 bits per heavy atom. The van der Waals surface area contributed by atoms with Crippen LogP contribution in [-0.2, 0) is 0 Å². The first-order valence-corrected chi connectivity index (χ1v) is 8.60. The normalized spacial score (nSPS) is 18.0. The van der Waals surface area contributed by atoms with Crippen molar-refractivity contribution in [3.8, 4) is 11.5 Å². The summed E-state index contributed by atoms with van der Waals surface area (Å²) in [7, 11) is 4.10. The van der Waals surface area contributed by atoms with Crippen molar-refractivity contribution in [3.63, 3.8) is 0 Å². The molecule has 0 aliphatic carbocycles. The Morgan fingerprint density at radius 3 is 2.52 bits per heavy atom. The van der Waals surface area contributed by atoms with Crippen LogP contribution in [0.2, 0.25) is 0 Å². The Morgan fingerprint density at radius 2 is 1.84 bits per heavy atom. The zero-order valence-electron chi connectivity index (χ0n) is 15.5. The van der Waals surface area contributed by atoms with Gasteiger partial charge in [0.25, 0.3) is 0 Å². The minimum Gasteiger partial charge on any atom is -0.492 e. The van der Waals surface area contributed by atoms with E-state index in [1.54, 1.807) is 0 Å². The van der Waals surface area contributed by atoms with Crippen molar-refractivity contribution in [1.29, 1.82) is 0 Å². The Hall–Kier alpha value is -1.71. The van der Waals surface area contributed by atoms with Crippen LogP contribution in [0.15, 0.2) is 48.5 Å². The molecule has 1 aliphatic rings. The van der Waals surface area contributed by atoms with Crippen LogP contribution in [0, 0.1) is 0 Å². The van der Waals surface area contributed by atoms with Crippen molar-refractivity contribution >= 4 is 12.4 Å². The molecular weight excluding hydrogens is 334 g/mol. The van der Waals surface area contributed by atoms with Gasteiger partial charge in [0, 0.05) is 24.1 Å². The minimum atomic E-state index is -0.185. The minimum absolute atomic E-state index is 0. The molecule has 1 heterocycles. The van der Waals surface area contributed by atoms with Crippen LogP contribution in [0.5, 0.6) is 11.5 Å². The third-order valence-electron chi connectivity index (χ3n) is 4.45. The second-order valence-electron chi connectivity index (χ2n) is 7.38. The zero-order chi connectivity index (χ0) is 17.2. The molecule has 3 nitrogen and oxygen atoms in total. The third kappa shape index (κ3) is 4.90. The number of ether oxygens (including phenoxy) is 2. The van der Waals surface area contributed by atoms with E-state index in [0.717, 1.165) is 24.5 Å². The number of likely N-dealkylation sites (N-methyl/N-ethyl adjacent to an activating group) is 1. The monoisotopic (exact) mass is 361 g/mol. The van der Waals surface area contributed by atoms with Gasteiger partial charge in [0.15, 0.2) is 0 Å². The molecule has 0 aromatic heterocycles. The van der Waals surface area contributed by atoms with Crippen molar-refractivity contribution < 1.29 is 9.47 Å². The van der Waals surface area contributed by atoms with Crippen LogP contribution in [0.3, 0.4) is 0 Å². The first-order chi connectivity index (χ1) is 11.4. The third-order valence-corrected chi connectivity index (χ3v) is 4.45. The number of hydrogen-bond donors (Lipinski definition) is 0. The summed E-state index contributed by atoms with van der Waals surface area (Å²) in [6.07, 6.45) is 0.977. The molecule has 0 radical (unpaired) electrons. The van der Waals surface area contributed by atoms with Gasteiger partial charge in [-0.05, 0) is 46.0 Å². The first kappa shape index (κ1) is 19.6. The maximum atomic E-state index is 6.25. The first-order valence-electron chi connectivity index (χ1n) is 8.60. The van der Waals surface area contributed by atoms with E-state index in [-0.39, 0.29) is 18.0 Å². The van der Waals surface area contributed by atoms with Crippen LogP contribution in [0.25, 0.3) is 0 Å². The van der Waals surface area contributed by atoms with Crippen LogP contribution in [-0.4, -0.2) is 37.7 Å². The quantitative estimate of drug-likeness (QED) is 0.767. The number of nitrogens with zero attached hydrogens (tertiary/aromatic N) is 1. The summed E-state index contributed by atoms with van der Waals surface area (Å²) in [5, 5.41) is 0. The summed E-state index contributed by atoms with van der Waals surface area (Å²) in [6, 6.07) is 17.0. The Bertz CT molecular complexity index is 686. The second-order valence-corrected chi connectivity index (χ2v) is 7.38. The van der Waals surface area contributed by atoms with E-state index in [1.807, 2.05) is 20.2 Å². The van der Waals surface area contributed by atoms with Crippen molar-refractivity contribution in [2.75, 3.05) is 27.2 Å². The van der Waals surface area contributed by atoms with Crippen molar-refractivity contribution in [1.82, 2.24) is 4.90 Å². The van der Waals surface area contributed by atoms with E-state index in [9.17, 15) is 0 Å². The molecule has 25 heavy (non-hydrogen) atoms. The molecular formula is C21H28ClNO2. The summed E-state index contributed by atoms with van der Waals surface area (Å²) in [5.41, 5.74) is 2.41. The summed E-state index contributed by atoms with van der Waals surface area (Å²) in [4.78, 5) is 2.11. The molecule has 2 aromatic carbocycles. The summed E-state index contributed by atoms with van der Waals surface area (Å²) < 4.78 is 12.1. The van der Waals surface area contributed by atoms with E-state index >= 15 is 0 Å². The Labute approximate surface area is 157 Å². The smallest absolute Gasteiger partial charge is 0.127 e. The Kier molecular flexibility index (Phi) is 6.36. The molecule has 1 aliphatic heterocycles. The van der Waals surface area contributed by atoms with E-state index < -0.39 is 0 Å². The molecule has 136 valence electrons. The molecule has 0 saturated heterocycles. The lowest BCUT2D eigenvalue weighted by atomic mass is 9.80. The summed E-state index contributed by atoms with van der Waals surface area (Å²) in [5.74, 6) is 2.18. The molecule has 0 bridgehead atoms. The molecule has 0 fully saturated rings. The van der Waals surface area contributed by atoms with Gasteiger partial charge in [-0.2, -0.15) is 0 Å². The van der Waals surface area contributed by atoms with Gasteiger partial charge in [-0.3, -0.25) is 0 Å². The van der Waals surface area contributed by atoms with Crippen LogP contribution in [0.4, 0.5) is 0 Å². The fraction of sp³-hybridized carbons (Fsp3) is 0.429. The predicted molar refractivity (Wildman–Crippen MR) is 105 cm³/mol. The average Bonchev–Trinajstić information content (AvgIpc) is 2.53. The van der Waals surface area contributed by atoms with Gasteiger partial charge in [-0.15, -0.1) is 12.4 Å². The summed E-state index contributed by atoms with van der Waals surface area (Å²) in [6.45, 7) is 5.89. The average molecular weight is 362 g/mol. The number of fused-ring (bicyclic) bond motifs is 1. The maximum Gasteiger partial charge on any atom is 0.127 e. The summed E-state index contributed by atoms with van der Waals surface area (Å²) >= 11 is 0. The number of rotatable bonds is 5. The number of halogens is 1. The molecule has 4 heteroatoms. The van der Waals surface area contributed by atoms with Crippen molar-refractivity contribution in [3.05, 3.63) is 59.7 Å². The van der Waals surface area contributed by atoms with E-state index in [0.29, 0.717) is 12.5 Å². The van der Waals surface area contributed by atoms with Crippen LogP contribution >= 0.6 is 12.4 Å². The molecule has 0 saturated carbocycles. The fourth-order valence-electron chi connectivity index (χ4n) is 3.25. The molecule has 1 atom stereocenters. The molecule has 0 N–H and O–H groups in total. The standard InChI is InChI=1S/C21H27NO2.ClH/c1-21(2)15-19(16-8-6-5-7-9-16)18-11-10-17(14-20(18)24-21)23-13-12-22(3)4;/h5-11,14,19H,12-13,15H2,1-4H3;1H. The van der Waals surface area contributed by atoms with Crippen molar-refractivity contribution in [2.45, 2.75) is 31.8 Å². The molecule has 3 rings (SSSR count). The lowest BCUT2D eigenvalue weighted by Crippen LogP contribution is -2.35. The van der Waals surface area contributed by atoms with Gasteiger partial charge in [-0.25, -0.2) is 0 Å². The maximum absolute atomic E-state index is 6.25. The highest BCUT2D eigenvalue weighted by Gasteiger charge is 2.34. The molecule has 1 unspecified atom stereocenters. The topological polar surface area (TPSA) is 21.7 Å². The lowest BCUT2D eigenvalue weighted by molar-refractivity contribution is 0.0770. The SMILES string of the molecule is CN(C)CCOc1ccc2c(c1)OC(C)(C)CC2c1ccccc1.Cl. The number of hydrogen-bond acceptors (Lipinski definition) is 3. The fourth-order valence-corrected chi connectivity index (χ4v) is 3.25. The molecule has 0 amide bonds. The largest absolute Gasteiger partial charge is 0.492 e. The lowest BCUT2D eigenvalue weighted by Gasteiger charge is -2.38. The highest BCUT2D eigenvalue weighted by atomic mass is 35.5. The second kappa shape index (κ2) is 8.11. The zero-order valence-corrected chi connectivity index (χ0v) is 16.3. The Balaban J connectivity index is 0.00000225. The highest BCUT2D eigenvalue weighted by molar-refractivity contribution is 5.85. The van der Waals surface area contributed by atoms with Gasteiger partial charge in [0.2, 0.25) is 0 Å². The van der Waals surface area contributed by atoms with Crippen molar-refractivity contribution in [2.24, 2.45) is 0 Å². The van der Waals surface area contributed by atoms with E-state index in [4.69, 9.17) is 9.47 Å². The van der Waals surface area contributed by atoms with Gasteiger partial charge in [-0.1, -0.05) is 36.4 Å². The van der Waals surface area contributed by atoms with E-state index in [1.165, 1.54) is 11.1 Å². The van der Waals surface area contributed by atoms with Gasteiger partial charge in [0.05, 0.1) is 0 Å². The van der Waals surface area contributed by atoms with Crippen LogP contribution in [0.1, 0.15) is 37.3 Å². The van der Waals surface area contributed by atoms with Gasteiger partial charge in [0.1, 0.15) is 23.7 Å². The van der Waals surface area contributed by atoms with E-state index in [2.05, 4.69) is 61.2 Å². The van der Waals surface area contributed by atoms with Crippen LogP contribution < -0.4 is 9.47 Å². The van der Waals surface area contributed by atoms with Gasteiger partial charge >= 0.3 is 0 Å². The number of benzene rings is 2. The predicted octanol–water partition coefficient (Wildman–Crippen LogP) is 4.74.